The van der Waals surface area contributed by atoms with Crippen LogP contribution in [0.1, 0.15) is 27.4 Å². The topological polar surface area (TPSA) is 63.3 Å². The highest BCUT2D eigenvalue weighted by molar-refractivity contribution is 5.86. The van der Waals surface area contributed by atoms with Gasteiger partial charge in [-0.1, -0.05) is 23.4 Å². The molecule has 1 N–H and O–H groups in total. The molecule has 104 valence electrons. The van der Waals surface area contributed by atoms with E-state index in [-0.39, 0.29) is 11.5 Å². The van der Waals surface area contributed by atoms with E-state index < -0.39 is 17.7 Å². The van der Waals surface area contributed by atoms with Gasteiger partial charge < -0.3 is 9.63 Å². The zero-order chi connectivity index (χ0) is 14.8. The number of benzene rings is 1. The van der Waals surface area contributed by atoms with E-state index in [1.54, 1.807) is 0 Å². The quantitative estimate of drug-likeness (QED) is 0.935. The Bertz CT molecular complexity index is 659. The molecule has 0 aliphatic carbocycles. The van der Waals surface area contributed by atoms with Crippen LogP contribution in [0.2, 0.25) is 0 Å². The number of hydrogen-bond donors (Lipinski definition) is 1. The van der Waals surface area contributed by atoms with Crippen molar-refractivity contribution in [2.24, 2.45) is 0 Å². The summed E-state index contributed by atoms with van der Waals surface area (Å²) in [5, 5.41) is 11.9. The fourth-order valence-electron chi connectivity index (χ4n) is 1.47. The van der Waals surface area contributed by atoms with Crippen LogP contribution in [-0.4, -0.2) is 16.2 Å². The average Bonchev–Trinajstić information content (AvgIpc) is 2.85. The molecule has 7 heteroatoms. The Morgan fingerprint density at radius 2 is 2.00 bits per heavy atom. The lowest BCUT2D eigenvalue weighted by molar-refractivity contribution is -0.137. The molecule has 0 aliphatic heterocycles. The molecule has 20 heavy (non-hydrogen) atoms. The lowest BCUT2D eigenvalue weighted by Gasteiger charge is -2.06. The molecule has 0 bridgehead atoms. The SMILES string of the molecule is O=C(O)c1cc(/C=C/c2cccc(C(F)(F)F)c2)on1. The monoisotopic (exact) mass is 283 g/mol. The summed E-state index contributed by atoms with van der Waals surface area (Å²) in [6, 6.07) is 5.89. The Kier molecular flexibility index (Phi) is 3.60. The fraction of sp³-hybridized carbons (Fsp3) is 0.0769. The number of hydrogen-bond acceptors (Lipinski definition) is 3. The molecule has 2 aromatic rings. The summed E-state index contributed by atoms with van der Waals surface area (Å²) in [5.41, 5.74) is -0.717. The minimum absolute atomic E-state index is 0.139. The Morgan fingerprint density at radius 1 is 1.25 bits per heavy atom. The molecule has 0 aliphatic rings. The zero-order valence-electron chi connectivity index (χ0n) is 9.89. The third kappa shape index (κ3) is 3.25. The summed E-state index contributed by atoms with van der Waals surface area (Å²) in [5.74, 6) is -1.10. The summed E-state index contributed by atoms with van der Waals surface area (Å²) >= 11 is 0. The van der Waals surface area contributed by atoms with Crippen molar-refractivity contribution >= 4 is 18.1 Å². The highest BCUT2D eigenvalue weighted by Gasteiger charge is 2.30. The van der Waals surface area contributed by atoms with Crippen molar-refractivity contribution in [2.75, 3.05) is 0 Å². The molecule has 0 unspecified atom stereocenters. The molecule has 0 atom stereocenters. The number of carboxylic acids is 1. The van der Waals surface area contributed by atoms with Crippen molar-refractivity contribution < 1.29 is 27.6 Å². The molecule has 0 amide bonds. The van der Waals surface area contributed by atoms with Crippen LogP contribution < -0.4 is 0 Å². The second-order valence-electron chi connectivity index (χ2n) is 3.88. The summed E-state index contributed by atoms with van der Waals surface area (Å²) in [6.07, 6.45) is -1.69. The lowest BCUT2D eigenvalue weighted by atomic mass is 10.1. The second-order valence-corrected chi connectivity index (χ2v) is 3.88. The highest BCUT2D eigenvalue weighted by atomic mass is 19.4. The van der Waals surface area contributed by atoms with Crippen LogP contribution in [0.15, 0.2) is 34.9 Å². The predicted octanol–water partition coefficient (Wildman–Crippen LogP) is 3.56. The van der Waals surface area contributed by atoms with Crippen molar-refractivity contribution in [1.29, 1.82) is 0 Å². The normalized spacial score (nSPS) is 11.9. The summed E-state index contributed by atoms with van der Waals surface area (Å²) in [7, 11) is 0. The van der Waals surface area contributed by atoms with Gasteiger partial charge in [-0.15, -0.1) is 0 Å². The Balaban J connectivity index is 2.20. The van der Waals surface area contributed by atoms with Crippen molar-refractivity contribution in [2.45, 2.75) is 6.18 Å². The molecule has 0 saturated heterocycles. The molecule has 0 spiro atoms. The van der Waals surface area contributed by atoms with E-state index in [1.807, 2.05) is 0 Å². The van der Waals surface area contributed by atoms with E-state index in [9.17, 15) is 18.0 Å². The van der Waals surface area contributed by atoms with Gasteiger partial charge in [0.2, 0.25) is 0 Å². The molecule has 1 aromatic heterocycles. The van der Waals surface area contributed by atoms with Gasteiger partial charge in [0.1, 0.15) is 0 Å². The van der Waals surface area contributed by atoms with Crippen LogP contribution in [0.25, 0.3) is 12.2 Å². The third-order valence-corrected chi connectivity index (χ3v) is 2.40. The van der Waals surface area contributed by atoms with Gasteiger partial charge >= 0.3 is 12.1 Å². The molecular weight excluding hydrogens is 275 g/mol. The van der Waals surface area contributed by atoms with Gasteiger partial charge in [0.05, 0.1) is 5.56 Å². The molecule has 1 heterocycles. The first-order valence-electron chi connectivity index (χ1n) is 5.41. The molecule has 2 rings (SSSR count). The van der Waals surface area contributed by atoms with Gasteiger partial charge in [0.25, 0.3) is 0 Å². The number of halogens is 3. The van der Waals surface area contributed by atoms with Gasteiger partial charge in [0, 0.05) is 6.07 Å². The van der Waals surface area contributed by atoms with Gasteiger partial charge in [-0.25, -0.2) is 4.79 Å². The van der Waals surface area contributed by atoms with E-state index >= 15 is 0 Å². The number of carboxylic acid groups (broad SMARTS) is 1. The molecule has 1 aromatic carbocycles. The first-order chi connectivity index (χ1) is 9.36. The van der Waals surface area contributed by atoms with Crippen molar-refractivity contribution in [1.82, 2.24) is 5.16 Å². The first kappa shape index (κ1) is 13.9. The van der Waals surface area contributed by atoms with Crippen molar-refractivity contribution in [3.8, 4) is 0 Å². The highest BCUT2D eigenvalue weighted by Crippen LogP contribution is 2.29. The number of aromatic nitrogens is 1. The second kappa shape index (κ2) is 5.20. The number of alkyl halides is 3. The Hall–Kier alpha value is -2.57. The van der Waals surface area contributed by atoms with Crippen LogP contribution in [0.3, 0.4) is 0 Å². The third-order valence-electron chi connectivity index (χ3n) is 2.40. The number of carbonyl (C=O) groups is 1. The van der Waals surface area contributed by atoms with E-state index in [4.69, 9.17) is 9.63 Å². The fourth-order valence-corrected chi connectivity index (χ4v) is 1.47. The van der Waals surface area contributed by atoms with E-state index in [1.165, 1.54) is 30.4 Å². The maximum Gasteiger partial charge on any atom is 0.416 e. The average molecular weight is 283 g/mol. The summed E-state index contributed by atoms with van der Waals surface area (Å²) in [6.45, 7) is 0. The summed E-state index contributed by atoms with van der Waals surface area (Å²) in [4.78, 5) is 10.6. The number of aromatic carboxylic acids is 1. The van der Waals surface area contributed by atoms with Gasteiger partial charge in [-0.3, -0.25) is 0 Å². The van der Waals surface area contributed by atoms with Crippen molar-refractivity contribution in [3.05, 3.63) is 52.9 Å². The predicted molar refractivity (Wildman–Crippen MR) is 63.8 cm³/mol. The van der Waals surface area contributed by atoms with Gasteiger partial charge in [-0.05, 0) is 23.8 Å². The molecular formula is C13H8F3NO3. The van der Waals surface area contributed by atoms with Crippen LogP contribution in [0, 0.1) is 0 Å². The van der Waals surface area contributed by atoms with E-state index in [0.29, 0.717) is 5.56 Å². The van der Waals surface area contributed by atoms with E-state index in [2.05, 4.69) is 5.16 Å². The maximum absolute atomic E-state index is 12.5. The standard InChI is InChI=1S/C13H8F3NO3/c14-13(15,16)9-3-1-2-8(6-9)4-5-10-7-11(12(18)19)17-20-10/h1-7H,(H,18,19)/b5-4+. The van der Waals surface area contributed by atoms with E-state index in [0.717, 1.165) is 12.1 Å². The van der Waals surface area contributed by atoms with Crippen molar-refractivity contribution in [3.63, 3.8) is 0 Å². The minimum atomic E-state index is -4.41. The molecule has 4 nitrogen and oxygen atoms in total. The molecule has 0 radical (unpaired) electrons. The minimum Gasteiger partial charge on any atom is -0.476 e. The largest absolute Gasteiger partial charge is 0.476 e. The van der Waals surface area contributed by atoms with Gasteiger partial charge in [-0.2, -0.15) is 13.2 Å². The first-order valence-corrected chi connectivity index (χ1v) is 5.41. The maximum atomic E-state index is 12.5. The van der Waals surface area contributed by atoms with Gasteiger partial charge in [0.15, 0.2) is 11.5 Å². The Labute approximate surface area is 111 Å². The lowest BCUT2D eigenvalue weighted by Crippen LogP contribution is -2.04. The smallest absolute Gasteiger partial charge is 0.416 e. The number of rotatable bonds is 3. The zero-order valence-corrected chi connectivity index (χ0v) is 9.89. The van der Waals surface area contributed by atoms with Crippen LogP contribution in [0.4, 0.5) is 13.2 Å². The number of nitrogens with zero attached hydrogens (tertiary/aromatic N) is 1. The Morgan fingerprint density at radius 3 is 2.60 bits per heavy atom. The molecule has 0 fully saturated rings. The van der Waals surface area contributed by atoms with Crippen LogP contribution in [-0.2, 0) is 6.18 Å². The molecule has 0 saturated carbocycles. The van der Waals surface area contributed by atoms with Crippen LogP contribution in [0.5, 0.6) is 0 Å². The summed E-state index contributed by atoms with van der Waals surface area (Å²) < 4.78 is 42.2. The van der Waals surface area contributed by atoms with Crippen LogP contribution >= 0.6 is 0 Å².